The summed E-state index contributed by atoms with van der Waals surface area (Å²) in [7, 11) is 0. The van der Waals surface area contributed by atoms with Crippen molar-refractivity contribution in [2.24, 2.45) is 0 Å². The van der Waals surface area contributed by atoms with Crippen LogP contribution in [0.5, 0.6) is 0 Å². The van der Waals surface area contributed by atoms with Crippen LogP contribution in [-0.4, -0.2) is 4.57 Å². The summed E-state index contributed by atoms with van der Waals surface area (Å²) in [5, 5.41) is 4.85. The lowest BCUT2D eigenvalue weighted by Gasteiger charge is -2.08. The van der Waals surface area contributed by atoms with Gasteiger partial charge in [0, 0.05) is 37.5 Å². The number of aromatic nitrogens is 1. The summed E-state index contributed by atoms with van der Waals surface area (Å²) in [4.78, 5) is 0. The molecule has 0 saturated carbocycles. The summed E-state index contributed by atoms with van der Waals surface area (Å²) < 4.78 is 11.6. The number of thiophene rings is 1. The molecule has 0 fully saturated rings. The van der Waals surface area contributed by atoms with Crippen molar-refractivity contribution in [2.45, 2.75) is 0 Å². The van der Waals surface area contributed by atoms with E-state index in [4.69, 9.17) is 4.42 Å². The van der Waals surface area contributed by atoms with Crippen molar-refractivity contribution in [2.75, 3.05) is 0 Å². The Bertz CT molecular complexity index is 2410. The summed E-state index contributed by atoms with van der Waals surface area (Å²) in [5.74, 6) is 0. The molecule has 0 aliphatic heterocycles. The van der Waals surface area contributed by atoms with Gasteiger partial charge in [-0.05, 0) is 59.2 Å². The Balaban J connectivity index is 1.29. The molecular formula is C38H23NOS. The number of nitrogens with zero attached hydrogens (tertiary/aromatic N) is 1. The lowest BCUT2D eigenvalue weighted by molar-refractivity contribution is 0.670. The third-order valence-corrected chi connectivity index (χ3v) is 9.40. The highest BCUT2D eigenvalue weighted by atomic mass is 32.1. The molecule has 0 atom stereocenters. The molecule has 3 heteroatoms. The predicted molar refractivity (Wildman–Crippen MR) is 174 cm³/mol. The van der Waals surface area contributed by atoms with E-state index in [0.717, 1.165) is 33.1 Å². The fourth-order valence-corrected chi connectivity index (χ4v) is 7.52. The van der Waals surface area contributed by atoms with E-state index in [1.165, 1.54) is 48.0 Å². The topological polar surface area (TPSA) is 18.1 Å². The van der Waals surface area contributed by atoms with Gasteiger partial charge in [0.25, 0.3) is 0 Å². The molecule has 9 rings (SSSR count). The molecule has 0 aliphatic rings. The molecular weight excluding hydrogens is 518 g/mol. The molecule has 2 nitrogen and oxygen atoms in total. The first kappa shape index (κ1) is 22.7. The molecule has 0 unspecified atom stereocenters. The lowest BCUT2D eigenvalue weighted by Crippen LogP contribution is -1.92. The minimum atomic E-state index is 0.912. The molecule has 0 radical (unpaired) electrons. The first-order valence-corrected chi connectivity index (χ1v) is 14.7. The van der Waals surface area contributed by atoms with Gasteiger partial charge in [0.15, 0.2) is 0 Å². The average Bonchev–Trinajstić information content (AvgIpc) is 3.70. The molecule has 6 aromatic carbocycles. The van der Waals surface area contributed by atoms with Gasteiger partial charge in [-0.15, -0.1) is 11.3 Å². The van der Waals surface area contributed by atoms with E-state index in [2.05, 4.69) is 144 Å². The molecule has 3 heterocycles. The van der Waals surface area contributed by atoms with Crippen LogP contribution in [0.4, 0.5) is 0 Å². The number of para-hydroxylation sites is 3. The molecule has 9 aromatic rings. The van der Waals surface area contributed by atoms with E-state index >= 15 is 0 Å². The van der Waals surface area contributed by atoms with Crippen LogP contribution in [0.2, 0.25) is 0 Å². The summed E-state index contributed by atoms with van der Waals surface area (Å²) in [6.07, 6.45) is 0. The molecule has 3 aromatic heterocycles. The van der Waals surface area contributed by atoms with Crippen LogP contribution < -0.4 is 0 Å². The van der Waals surface area contributed by atoms with E-state index in [1.54, 1.807) is 0 Å². The minimum Gasteiger partial charge on any atom is -0.455 e. The maximum Gasteiger partial charge on any atom is 0.143 e. The van der Waals surface area contributed by atoms with Crippen molar-refractivity contribution < 1.29 is 4.42 Å². The van der Waals surface area contributed by atoms with E-state index < -0.39 is 0 Å². The Hall–Kier alpha value is -5.12. The number of rotatable bonds is 3. The highest BCUT2D eigenvalue weighted by Crippen LogP contribution is 2.44. The third kappa shape index (κ3) is 3.36. The number of hydrogen-bond donors (Lipinski definition) is 0. The first-order chi connectivity index (χ1) is 20.3. The van der Waals surface area contributed by atoms with Gasteiger partial charge in [0.1, 0.15) is 11.2 Å². The molecule has 0 amide bonds. The molecule has 0 spiro atoms. The average molecular weight is 542 g/mol. The maximum atomic E-state index is 6.55. The fraction of sp³-hybridized carbons (Fsp3) is 0. The fourth-order valence-electron chi connectivity index (χ4n) is 6.32. The zero-order valence-electron chi connectivity index (χ0n) is 22.0. The number of hydrogen-bond acceptors (Lipinski definition) is 2. The SMILES string of the molecule is c1ccc(-c2ccc3oc4c(-c5ccc6sc7c8ccccc8n(-c8ccccc8)c7c6c5)cccc4c3c2)cc1. The summed E-state index contributed by atoms with van der Waals surface area (Å²) in [6, 6.07) is 49.8. The van der Waals surface area contributed by atoms with Gasteiger partial charge in [-0.2, -0.15) is 0 Å². The highest BCUT2D eigenvalue weighted by Gasteiger charge is 2.19. The second-order valence-corrected chi connectivity index (χ2v) is 11.6. The minimum absolute atomic E-state index is 0.912. The maximum absolute atomic E-state index is 6.55. The van der Waals surface area contributed by atoms with Gasteiger partial charge in [-0.1, -0.05) is 97.1 Å². The predicted octanol–water partition coefficient (Wildman–Crippen LogP) is 11.2. The molecule has 0 bridgehead atoms. The van der Waals surface area contributed by atoms with Crippen LogP contribution >= 0.6 is 11.3 Å². The summed E-state index contributed by atoms with van der Waals surface area (Å²) in [6.45, 7) is 0. The van der Waals surface area contributed by atoms with E-state index in [-0.39, 0.29) is 0 Å². The van der Waals surface area contributed by atoms with Crippen molar-refractivity contribution in [3.05, 3.63) is 140 Å². The van der Waals surface area contributed by atoms with Crippen molar-refractivity contribution in [1.29, 1.82) is 0 Å². The molecule has 0 aliphatic carbocycles. The van der Waals surface area contributed by atoms with Crippen molar-refractivity contribution >= 4 is 64.5 Å². The third-order valence-electron chi connectivity index (χ3n) is 8.20. The van der Waals surface area contributed by atoms with Crippen LogP contribution in [0.3, 0.4) is 0 Å². The van der Waals surface area contributed by atoms with Crippen molar-refractivity contribution in [1.82, 2.24) is 4.57 Å². The molecule has 192 valence electrons. The normalized spacial score (nSPS) is 11.9. The van der Waals surface area contributed by atoms with Crippen molar-refractivity contribution in [3.8, 4) is 27.9 Å². The van der Waals surface area contributed by atoms with Gasteiger partial charge >= 0.3 is 0 Å². The Kier molecular flexibility index (Phi) is 4.80. The summed E-state index contributed by atoms with van der Waals surface area (Å²) >= 11 is 1.87. The van der Waals surface area contributed by atoms with E-state index in [0.29, 0.717) is 0 Å². The van der Waals surface area contributed by atoms with Crippen LogP contribution in [0.1, 0.15) is 0 Å². The Morgan fingerprint density at radius 3 is 2.12 bits per heavy atom. The number of fused-ring (bicyclic) bond motifs is 8. The largest absolute Gasteiger partial charge is 0.455 e. The van der Waals surface area contributed by atoms with Crippen molar-refractivity contribution in [3.63, 3.8) is 0 Å². The second kappa shape index (κ2) is 8.69. The van der Waals surface area contributed by atoms with Crippen LogP contribution in [0, 0.1) is 0 Å². The summed E-state index contributed by atoms with van der Waals surface area (Å²) in [5.41, 5.74) is 10.2. The number of benzene rings is 6. The zero-order valence-corrected chi connectivity index (χ0v) is 22.9. The van der Waals surface area contributed by atoms with Crippen LogP contribution in [0.15, 0.2) is 144 Å². The Morgan fingerprint density at radius 2 is 1.24 bits per heavy atom. The Labute approximate surface area is 240 Å². The van der Waals surface area contributed by atoms with Gasteiger partial charge < -0.3 is 8.98 Å². The van der Waals surface area contributed by atoms with E-state index in [1.807, 2.05) is 11.3 Å². The molecule has 41 heavy (non-hydrogen) atoms. The van der Waals surface area contributed by atoms with Gasteiger partial charge in [0.05, 0.1) is 15.7 Å². The lowest BCUT2D eigenvalue weighted by atomic mass is 9.99. The quantitative estimate of drug-likeness (QED) is 0.217. The van der Waals surface area contributed by atoms with Gasteiger partial charge in [-0.25, -0.2) is 0 Å². The Morgan fingerprint density at radius 1 is 0.512 bits per heavy atom. The monoisotopic (exact) mass is 541 g/mol. The van der Waals surface area contributed by atoms with Gasteiger partial charge in [0.2, 0.25) is 0 Å². The van der Waals surface area contributed by atoms with Crippen LogP contribution in [-0.2, 0) is 0 Å². The highest BCUT2D eigenvalue weighted by molar-refractivity contribution is 7.26. The van der Waals surface area contributed by atoms with Gasteiger partial charge in [-0.3, -0.25) is 0 Å². The second-order valence-electron chi connectivity index (χ2n) is 10.5. The van der Waals surface area contributed by atoms with Crippen LogP contribution in [0.25, 0.3) is 81.1 Å². The standard InChI is InChI=1S/C38H23NOS/c1-3-10-24(11-4-1)25-18-20-34-31(22-25)29-16-9-15-28(37(29)40-34)26-19-21-35-32(23-26)36-38(41-35)30-14-7-8-17-33(30)39(36)27-12-5-2-6-13-27/h1-23H. The molecule has 0 N–H and O–H groups in total. The number of furan rings is 1. The van der Waals surface area contributed by atoms with E-state index in [9.17, 15) is 0 Å². The first-order valence-electron chi connectivity index (χ1n) is 13.9. The molecule has 0 saturated heterocycles. The smallest absolute Gasteiger partial charge is 0.143 e. The zero-order chi connectivity index (χ0) is 26.9.